The predicted octanol–water partition coefficient (Wildman–Crippen LogP) is 4.48. The van der Waals surface area contributed by atoms with Gasteiger partial charge in [-0.15, -0.1) is 0 Å². The highest BCUT2D eigenvalue weighted by Gasteiger charge is 2.26. The third kappa shape index (κ3) is 4.06. The lowest BCUT2D eigenvalue weighted by Crippen LogP contribution is -2.39. The van der Waals surface area contributed by atoms with E-state index in [1.807, 2.05) is 63.2 Å². The van der Waals surface area contributed by atoms with Gasteiger partial charge in [0, 0.05) is 18.2 Å². The van der Waals surface area contributed by atoms with Gasteiger partial charge in [-0.1, -0.05) is 42.0 Å². The molecule has 4 nitrogen and oxygen atoms in total. The van der Waals surface area contributed by atoms with Gasteiger partial charge < -0.3 is 4.74 Å². The van der Waals surface area contributed by atoms with Crippen molar-refractivity contribution in [2.24, 2.45) is 0 Å². The second kappa shape index (κ2) is 8.26. The molecule has 1 aliphatic rings. The summed E-state index contributed by atoms with van der Waals surface area (Å²) in [4.78, 5) is 26.8. The molecule has 0 N–H and O–H groups in total. The Bertz CT molecular complexity index is 968. The Morgan fingerprint density at radius 1 is 1.11 bits per heavy atom. The number of amides is 2. The molecule has 0 atom stereocenters. The smallest absolute Gasteiger partial charge is 0.261 e. The molecule has 0 saturated carbocycles. The third-order valence-corrected chi connectivity index (χ3v) is 5.09. The quantitative estimate of drug-likeness (QED) is 0.741. The number of ether oxygens (including phenoxy) is 1. The number of aryl methyl sites for hydroxylation is 2. The maximum absolute atomic E-state index is 12.8. The van der Waals surface area contributed by atoms with E-state index in [2.05, 4.69) is 0 Å². The second-order valence-corrected chi connectivity index (χ2v) is 7.07. The second-order valence-electron chi connectivity index (χ2n) is 7.07. The van der Waals surface area contributed by atoms with Crippen LogP contribution in [0.2, 0.25) is 0 Å². The first-order valence-corrected chi connectivity index (χ1v) is 9.37. The minimum atomic E-state index is -0.306. The maximum atomic E-state index is 12.8. The Balaban J connectivity index is 1.79. The van der Waals surface area contributed by atoms with Crippen LogP contribution in [0.1, 0.15) is 34.2 Å². The van der Waals surface area contributed by atoms with Crippen LogP contribution in [0.5, 0.6) is 5.75 Å². The van der Waals surface area contributed by atoms with Crippen molar-refractivity contribution in [2.75, 3.05) is 13.7 Å². The molecule has 0 saturated heterocycles. The summed E-state index contributed by atoms with van der Waals surface area (Å²) in [5.41, 5.74) is 5.59. The fourth-order valence-corrected chi connectivity index (χ4v) is 3.28. The van der Waals surface area contributed by atoms with E-state index in [9.17, 15) is 9.59 Å². The molecule has 0 aliphatic carbocycles. The summed E-state index contributed by atoms with van der Waals surface area (Å²) in [6.45, 7) is 6.40. The molecule has 0 aromatic heterocycles. The van der Waals surface area contributed by atoms with Gasteiger partial charge in [-0.3, -0.25) is 14.5 Å². The number of carbonyl (C=O) groups is 2. The van der Waals surface area contributed by atoms with Crippen molar-refractivity contribution in [1.29, 1.82) is 0 Å². The van der Waals surface area contributed by atoms with Gasteiger partial charge in [-0.2, -0.15) is 0 Å². The molecule has 0 unspecified atom stereocenters. The molecule has 2 amide bonds. The lowest BCUT2D eigenvalue weighted by Gasteiger charge is -2.24. The van der Waals surface area contributed by atoms with Crippen molar-refractivity contribution in [3.63, 3.8) is 0 Å². The zero-order valence-corrected chi connectivity index (χ0v) is 16.8. The number of rotatable bonds is 4. The first kappa shape index (κ1) is 19.6. The molecule has 0 bridgehead atoms. The SMILES string of the molecule is COc1cc(/C=C/C(=O)N2CCC=C(c3ccc(C)cc3)C2=O)cc(C)c1C. The molecule has 28 heavy (non-hydrogen) atoms. The topological polar surface area (TPSA) is 46.6 Å². The Hall–Kier alpha value is -3.14. The zero-order valence-electron chi connectivity index (χ0n) is 16.8. The van der Waals surface area contributed by atoms with Crippen LogP contribution in [0.15, 0.2) is 48.6 Å². The molecular weight excluding hydrogens is 350 g/mol. The number of methoxy groups -OCH3 is 1. The van der Waals surface area contributed by atoms with Gasteiger partial charge in [0.15, 0.2) is 0 Å². The first-order chi connectivity index (χ1) is 13.4. The van der Waals surface area contributed by atoms with Crippen LogP contribution in [0, 0.1) is 20.8 Å². The van der Waals surface area contributed by atoms with Crippen LogP contribution in [0.4, 0.5) is 0 Å². The Morgan fingerprint density at radius 2 is 1.82 bits per heavy atom. The number of imide groups is 1. The Kier molecular flexibility index (Phi) is 5.78. The number of carbonyl (C=O) groups excluding carboxylic acids is 2. The van der Waals surface area contributed by atoms with Crippen molar-refractivity contribution in [2.45, 2.75) is 27.2 Å². The molecule has 0 radical (unpaired) electrons. The van der Waals surface area contributed by atoms with Crippen LogP contribution in [-0.2, 0) is 9.59 Å². The Morgan fingerprint density at radius 3 is 2.50 bits per heavy atom. The number of hydrogen-bond acceptors (Lipinski definition) is 3. The Labute approximate surface area is 166 Å². The van der Waals surface area contributed by atoms with Crippen molar-refractivity contribution in [3.8, 4) is 5.75 Å². The highest BCUT2D eigenvalue weighted by molar-refractivity contribution is 6.25. The van der Waals surface area contributed by atoms with Gasteiger partial charge in [0.1, 0.15) is 5.75 Å². The summed E-state index contributed by atoms with van der Waals surface area (Å²) in [6, 6.07) is 11.7. The molecule has 2 aromatic rings. The molecule has 144 valence electrons. The van der Waals surface area contributed by atoms with Crippen molar-refractivity contribution in [3.05, 3.63) is 76.4 Å². The van der Waals surface area contributed by atoms with Crippen LogP contribution >= 0.6 is 0 Å². The van der Waals surface area contributed by atoms with E-state index in [1.165, 1.54) is 11.0 Å². The average molecular weight is 375 g/mol. The van der Waals surface area contributed by atoms with E-state index in [0.29, 0.717) is 18.5 Å². The van der Waals surface area contributed by atoms with Gasteiger partial charge in [-0.25, -0.2) is 0 Å². The molecule has 2 aromatic carbocycles. The first-order valence-electron chi connectivity index (χ1n) is 9.37. The summed E-state index contributed by atoms with van der Waals surface area (Å²) in [5.74, 6) is 0.230. The molecular formula is C24H25NO3. The van der Waals surface area contributed by atoms with E-state index in [4.69, 9.17) is 4.74 Å². The molecule has 0 fully saturated rings. The maximum Gasteiger partial charge on any atom is 0.261 e. The van der Waals surface area contributed by atoms with Crippen LogP contribution in [0.25, 0.3) is 11.6 Å². The van der Waals surface area contributed by atoms with Gasteiger partial charge >= 0.3 is 0 Å². The van der Waals surface area contributed by atoms with Gasteiger partial charge in [0.2, 0.25) is 0 Å². The molecule has 1 aliphatic heterocycles. The van der Waals surface area contributed by atoms with E-state index in [1.54, 1.807) is 13.2 Å². The number of nitrogens with zero attached hydrogens (tertiary/aromatic N) is 1. The monoisotopic (exact) mass is 375 g/mol. The summed E-state index contributed by atoms with van der Waals surface area (Å²) < 4.78 is 5.39. The fourth-order valence-electron chi connectivity index (χ4n) is 3.28. The van der Waals surface area contributed by atoms with E-state index in [-0.39, 0.29) is 11.8 Å². The largest absolute Gasteiger partial charge is 0.496 e. The predicted molar refractivity (Wildman–Crippen MR) is 112 cm³/mol. The van der Waals surface area contributed by atoms with Gasteiger partial charge in [0.25, 0.3) is 11.8 Å². The van der Waals surface area contributed by atoms with Crippen LogP contribution < -0.4 is 4.74 Å². The fraction of sp³-hybridized carbons (Fsp3) is 0.250. The average Bonchev–Trinajstić information content (AvgIpc) is 2.69. The van der Waals surface area contributed by atoms with Crippen molar-refractivity contribution in [1.82, 2.24) is 4.90 Å². The van der Waals surface area contributed by atoms with Gasteiger partial charge in [-0.05, 0) is 61.6 Å². The normalized spacial score (nSPS) is 14.4. The van der Waals surface area contributed by atoms with Gasteiger partial charge in [0.05, 0.1) is 7.11 Å². The standard InChI is InChI=1S/C24H25NO3/c1-16-7-10-20(11-8-16)21-6-5-13-25(24(21)27)23(26)12-9-19-14-17(2)18(3)22(15-19)28-4/h6-12,14-15H,5,13H2,1-4H3/b12-9+. The summed E-state index contributed by atoms with van der Waals surface area (Å²) in [6.07, 6.45) is 5.76. The summed E-state index contributed by atoms with van der Waals surface area (Å²) >= 11 is 0. The lowest BCUT2D eigenvalue weighted by molar-refractivity contribution is -0.138. The van der Waals surface area contributed by atoms with E-state index >= 15 is 0 Å². The summed E-state index contributed by atoms with van der Waals surface area (Å²) in [5, 5.41) is 0. The van der Waals surface area contributed by atoms with Crippen LogP contribution in [-0.4, -0.2) is 30.4 Å². The molecule has 3 rings (SSSR count). The van der Waals surface area contributed by atoms with E-state index < -0.39 is 0 Å². The van der Waals surface area contributed by atoms with Crippen LogP contribution in [0.3, 0.4) is 0 Å². The van der Waals surface area contributed by atoms with E-state index in [0.717, 1.165) is 33.6 Å². The zero-order chi connectivity index (χ0) is 20.3. The highest BCUT2D eigenvalue weighted by atomic mass is 16.5. The highest BCUT2D eigenvalue weighted by Crippen LogP contribution is 2.25. The van der Waals surface area contributed by atoms with Crippen molar-refractivity contribution >= 4 is 23.5 Å². The molecule has 4 heteroatoms. The summed E-state index contributed by atoms with van der Waals surface area (Å²) in [7, 11) is 1.63. The number of hydrogen-bond donors (Lipinski definition) is 0. The minimum Gasteiger partial charge on any atom is -0.496 e. The number of benzene rings is 2. The molecule has 1 heterocycles. The lowest BCUT2D eigenvalue weighted by atomic mass is 9.99. The molecule has 0 spiro atoms. The van der Waals surface area contributed by atoms with Crippen molar-refractivity contribution < 1.29 is 14.3 Å². The third-order valence-electron chi connectivity index (χ3n) is 5.09. The minimum absolute atomic E-state index is 0.248.